The number of hydrogen-bond donors (Lipinski definition) is 1. The van der Waals surface area contributed by atoms with E-state index in [0.717, 1.165) is 17.7 Å². The van der Waals surface area contributed by atoms with Crippen LogP contribution in [0.15, 0.2) is 42.6 Å². The largest absolute Gasteiger partial charge is 0.355 e. The summed E-state index contributed by atoms with van der Waals surface area (Å²) in [6.07, 6.45) is 2.97. The van der Waals surface area contributed by atoms with Crippen molar-refractivity contribution in [1.29, 1.82) is 0 Å². The molecular weight excluding hydrogens is 248 g/mol. The van der Waals surface area contributed by atoms with Gasteiger partial charge >= 0.3 is 0 Å². The van der Waals surface area contributed by atoms with E-state index in [-0.39, 0.29) is 5.91 Å². The van der Waals surface area contributed by atoms with E-state index in [2.05, 4.69) is 36.3 Å². The van der Waals surface area contributed by atoms with Crippen LogP contribution < -0.4 is 5.32 Å². The van der Waals surface area contributed by atoms with E-state index >= 15 is 0 Å². The summed E-state index contributed by atoms with van der Waals surface area (Å²) in [5.74, 6) is 0.0594. The summed E-state index contributed by atoms with van der Waals surface area (Å²) in [7, 11) is 0. The van der Waals surface area contributed by atoms with Gasteiger partial charge in [0.1, 0.15) is 0 Å². The Kier molecular flexibility index (Phi) is 4.88. The van der Waals surface area contributed by atoms with Gasteiger partial charge in [-0.1, -0.05) is 24.3 Å². The van der Waals surface area contributed by atoms with E-state index in [0.29, 0.717) is 13.0 Å². The zero-order valence-corrected chi connectivity index (χ0v) is 12.0. The van der Waals surface area contributed by atoms with Crippen LogP contribution in [0.3, 0.4) is 0 Å². The van der Waals surface area contributed by atoms with Gasteiger partial charge in [0.2, 0.25) is 5.91 Å². The number of hydrogen-bond acceptors (Lipinski definition) is 2. The molecule has 0 fully saturated rings. The van der Waals surface area contributed by atoms with E-state index in [1.54, 1.807) is 6.20 Å². The highest BCUT2D eigenvalue weighted by Crippen LogP contribution is 2.10. The van der Waals surface area contributed by atoms with Crippen molar-refractivity contribution in [3.8, 4) is 0 Å². The van der Waals surface area contributed by atoms with E-state index in [1.165, 1.54) is 11.1 Å². The molecule has 2 rings (SSSR count). The van der Waals surface area contributed by atoms with Crippen molar-refractivity contribution in [2.24, 2.45) is 0 Å². The minimum absolute atomic E-state index is 0.0594. The lowest BCUT2D eigenvalue weighted by atomic mass is 10.0. The highest BCUT2D eigenvalue weighted by Gasteiger charge is 2.04. The molecule has 0 aliphatic carbocycles. The fourth-order valence-corrected chi connectivity index (χ4v) is 2.04. The second-order valence-electron chi connectivity index (χ2n) is 5.02. The summed E-state index contributed by atoms with van der Waals surface area (Å²) >= 11 is 0. The molecule has 3 nitrogen and oxygen atoms in total. The number of carbonyl (C=O) groups excluding carboxylic acids is 1. The molecule has 104 valence electrons. The quantitative estimate of drug-likeness (QED) is 0.905. The molecule has 20 heavy (non-hydrogen) atoms. The van der Waals surface area contributed by atoms with Crippen molar-refractivity contribution in [2.45, 2.75) is 26.7 Å². The molecule has 0 saturated carbocycles. The van der Waals surface area contributed by atoms with Crippen LogP contribution in [0.1, 0.15) is 22.4 Å². The topological polar surface area (TPSA) is 42.0 Å². The van der Waals surface area contributed by atoms with Crippen LogP contribution in [0, 0.1) is 13.8 Å². The molecule has 0 atom stereocenters. The first-order valence-electron chi connectivity index (χ1n) is 6.88. The summed E-state index contributed by atoms with van der Waals surface area (Å²) in [6, 6.07) is 12.0. The molecule has 0 unspecified atom stereocenters. The summed E-state index contributed by atoms with van der Waals surface area (Å²) in [6.45, 7) is 4.77. The van der Waals surface area contributed by atoms with Gasteiger partial charge in [-0.05, 0) is 42.7 Å². The number of aryl methyl sites for hydroxylation is 2. The fraction of sp³-hybridized carbons (Fsp3) is 0.294. The van der Waals surface area contributed by atoms with Crippen LogP contribution in [-0.2, 0) is 17.6 Å². The van der Waals surface area contributed by atoms with Gasteiger partial charge in [-0.3, -0.25) is 9.78 Å². The number of nitrogens with one attached hydrogen (secondary N) is 1. The lowest BCUT2D eigenvalue weighted by molar-refractivity contribution is -0.120. The number of rotatable bonds is 5. The third-order valence-corrected chi connectivity index (χ3v) is 3.37. The maximum Gasteiger partial charge on any atom is 0.224 e. The average molecular weight is 268 g/mol. The van der Waals surface area contributed by atoms with Crippen molar-refractivity contribution in [3.63, 3.8) is 0 Å². The second-order valence-corrected chi connectivity index (χ2v) is 5.02. The zero-order chi connectivity index (χ0) is 14.4. The normalized spacial score (nSPS) is 10.3. The number of aromatic nitrogens is 1. The third kappa shape index (κ3) is 4.19. The average Bonchev–Trinajstić information content (AvgIpc) is 2.44. The Morgan fingerprint density at radius 2 is 2.00 bits per heavy atom. The van der Waals surface area contributed by atoms with Gasteiger partial charge < -0.3 is 5.32 Å². The van der Waals surface area contributed by atoms with Crippen LogP contribution in [0.2, 0.25) is 0 Å². The summed E-state index contributed by atoms with van der Waals surface area (Å²) in [4.78, 5) is 16.1. The molecule has 3 heteroatoms. The minimum Gasteiger partial charge on any atom is -0.355 e. The Labute approximate surface area is 120 Å². The number of pyridine rings is 1. The molecule has 0 bridgehead atoms. The molecule has 1 N–H and O–H groups in total. The Balaban J connectivity index is 1.79. The number of benzene rings is 1. The molecule has 1 aromatic carbocycles. The summed E-state index contributed by atoms with van der Waals surface area (Å²) in [5.41, 5.74) is 4.54. The minimum atomic E-state index is 0.0594. The first kappa shape index (κ1) is 14.3. The highest BCUT2D eigenvalue weighted by atomic mass is 16.1. The monoisotopic (exact) mass is 268 g/mol. The number of nitrogens with zero attached hydrogens (tertiary/aromatic N) is 1. The first-order valence-corrected chi connectivity index (χ1v) is 6.88. The molecule has 1 heterocycles. The van der Waals surface area contributed by atoms with Crippen molar-refractivity contribution < 1.29 is 4.79 Å². The standard InChI is InChI=1S/C17H20N2O/c1-13-6-7-15(11-14(13)2)12-17(20)19-10-8-16-5-3-4-9-18-16/h3-7,9,11H,8,10,12H2,1-2H3,(H,19,20). The van der Waals surface area contributed by atoms with Crippen LogP contribution in [-0.4, -0.2) is 17.4 Å². The fourth-order valence-electron chi connectivity index (χ4n) is 2.04. The molecule has 1 aromatic heterocycles. The van der Waals surface area contributed by atoms with E-state index in [4.69, 9.17) is 0 Å². The predicted octanol–water partition coefficient (Wildman–Crippen LogP) is 2.60. The summed E-state index contributed by atoms with van der Waals surface area (Å²) in [5, 5.41) is 2.93. The molecule has 0 radical (unpaired) electrons. The van der Waals surface area contributed by atoms with E-state index in [9.17, 15) is 4.79 Å². The maximum absolute atomic E-state index is 11.9. The lowest BCUT2D eigenvalue weighted by Crippen LogP contribution is -2.27. The van der Waals surface area contributed by atoms with Crippen molar-refractivity contribution in [1.82, 2.24) is 10.3 Å². The summed E-state index contributed by atoms with van der Waals surface area (Å²) < 4.78 is 0. The highest BCUT2D eigenvalue weighted by molar-refractivity contribution is 5.78. The van der Waals surface area contributed by atoms with E-state index < -0.39 is 0 Å². The lowest BCUT2D eigenvalue weighted by Gasteiger charge is -2.07. The van der Waals surface area contributed by atoms with Gasteiger partial charge in [-0.2, -0.15) is 0 Å². The molecule has 1 amide bonds. The first-order chi connectivity index (χ1) is 9.65. The van der Waals surface area contributed by atoms with Crippen LogP contribution in [0.25, 0.3) is 0 Å². The van der Waals surface area contributed by atoms with Crippen molar-refractivity contribution in [3.05, 3.63) is 65.0 Å². The molecule has 0 spiro atoms. The molecular formula is C17H20N2O. The van der Waals surface area contributed by atoms with Crippen LogP contribution >= 0.6 is 0 Å². The Hall–Kier alpha value is -2.16. The molecule has 0 saturated heterocycles. The van der Waals surface area contributed by atoms with Gasteiger partial charge in [0.05, 0.1) is 6.42 Å². The maximum atomic E-state index is 11.9. The van der Waals surface area contributed by atoms with Gasteiger partial charge in [-0.25, -0.2) is 0 Å². The Bertz CT molecular complexity index is 579. The SMILES string of the molecule is Cc1ccc(CC(=O)NCCc2ccccn2)cc1C. The van der Waals surface area contributed by atoms with Crippen LogP contribution in [0.5, 0.6) is 0 Å². The van der Waals surface area contributed by atoms with Gasteiger partial charge in [0.15, 0.2) is 0 Å². The predicted molar refractivity (Wildman–Crippen MR) is 80.6 cm³/mol. The van der Waals surface area contributed by atoms with Crippen molar-refractivity contribution in [2.75, 3.05) is 6.54 Å². The third-order valence-electron chi connectivity index (χ3n) is 3.37. The zero-order valence-electron chi connectivity index (χ0n) is 12.0. The van der Waals surface area contributed by atoms with Crippen LogP contribution in [0.4, 0.5) is 0 Å². The van der Waals surface area contributed by atoms with E-state index in [1.807, 2.05) is 24.3 Å². The second kappa shape index (κ2) is 6.85. The van der Waals surface area contributed by atoms with Gasteiger partial charge in [0, 0.05) is 24.9 Å². The smallest absolute Gasteiger partial charge is 0.224 e. The Morgan fingerprint density at radius 3 is 2.70 bits per heavy atom. The van der Waals surface area contributed by atoms with Crippen molar-refractivity contribution >= 4 is 5.91 Å². The Morgan fingerprint density at radius 1 is 1.15 bits per heavy atom. The molecule has 0 aliphatic rings. The van der Waals surface area contributed by atoms with Gasteiger partial charge in [0.25, 0.3) is 0 Å². The number of amides is 1. The number of carbonyl (C=O) groups is 1. The molecule has 0 aliphatic heterocycles. The molecule has 2 aromatic rings. The van der Waals surface area contributed by atoms with Gasteiger partial charge in [-0.15, -0.1) is 0 Å².